The molecule has 1 aliphatic heterocycles. The molecule has 0 atom stereocenters. The second kappa shape index (κ2) is 8.31. The largest absolute Gasteiger partial charge is 0.507 e. The predicted octanol–water partition coefficient (Wildman–Crippen LogP) is 5.03. The van der Waals surface area contributed by atoms with E-state index in [1.54, 1.807) is 38.1 Å². The Morgan fingerprint density at radius 2 is 1.93 bits per heavy atom. The first-order valence-electron chi connectivity index (χ1n) is 8.54. The van der Waals surface area contributed by atoms with Gasteiger partial charge >= 0.3 is 5.97 Å². The Morgan fingerprint density at radius 1 is 1.21 bits per heavy atom. The molecule has 28 heavy (non-hydrogen) atoms. The highest BCUT2D eigenvalue weighted by atomic mass is 32.2. The van der Waals surface area contributed by atoms with Crippen LogP contribution in [0.15, 0.2) is 63.7 Å². The Morgan fingerprint density at radius 3 is 2.61 bits per heavy atom. The Bertz CT molecular complexity index is 1010. The van der Waals surface area contributed by atoms with Crippen molar-refractivity contribution < 1.29 is 24.1 Å². The van der Waals surface area contributed by atoms with Crippen LogP contribution in [0.1, 0.15) is 18.1 Å². The van der Waals surface area contributed by atoms with Crippen molar-refractivity contribution in [2.24, 2.45) is 4.99 Å². The molecule has 5 nitrogen and oxygen atoms in total. The topological polar surface area (TPSA) is 79.1 Å². The number of rotatable bonds is 4. The van der Waals surface area contributed by atoms with Crippen LogP contribution in [0.25, 0.3) is 6.08 Å². The molecule has 0 saturated carbocycles. The highest BCUT2D eigenvalue weighted by Gasteiger charge is 2.33. The summed E-state index contributed by atoms with van der Waals surface area (Å²) in [6, 6.07) is 10.7. The van der Waals surface area contributed by atoms with Crippen molar-refractivity contribution in [3.63, 3.8) is 0 Å². The van der Waals surface area contributed by atoms with Gasteiger partial charge < -0.3 is 14.9 Å². The van der Waals surface area contributed by atoms with Gasteiger partial charge in [0.25, 0.3) is 0 Å². The molecule has 0 fully saturated rings. The summed E-state index contributed by atoms with van der Waals surface area (Å²) in [5.74, 6) is -1.29. The maximum atomic E-state index is 13.1. The van der Waals surface area contributed by atoms with Gasteiger partial charge in [0.2, 0.25) is 0 Å². The van der Waals surface area contributed by atoms with Gasteiger partial charge in [0.1, 0.15) is 27.9 Å². The van der Waals surface area contributed by atoms with E-state index in [2.05, 4.69) is 4.99 Å². The maximum Gasteiger partial charge on any atom is 0.344 e. The number of hydrogen-bond donors (Lipinski definition) is 2. The monoisotopic (exact) mass is 399 g/mol. The number of carbonyl (C=O) groups excluding carboxylic acids is 1. The summed E-state index contributed by atoms with van der Waals surface area (Å²) in [5, 5.41) is 21.1. The number of aryl methyl sites for hydroxylation is 1. The van der Waals surface area contributed by atoms with E-state index in [-0.39, 0.29) is 28.7 Å². The fourth-order valence-electron chi connectivity index (χ4n) is 2.56. The normalized spacial score (nSPS) is 16.8. The number of halogens is 1. The number of para-hydroxylation sites is 1. The van der Waals surface area contributed by atoms with Crippen LogP contribution in [-0.4, -0.2) is 27.8 Å². The van der Waals surface area contributed by atoms with E-state index >= 15 is 0 Å². The van der Waals surface area contributed by atoms with Crippen molar-refractivity contribution in [1.82, 2.24) is 0 Å². The third-order valence-corrected chi connectivity index (χ3v) is 5.00. The number of phenolic OH excluding ortho intramolecular Hbond substituents is 1. The molecule has 2 aromatic carbocycles. The molecule has 0 spiro atoms. The number of ether oxygens (including phenoxy) is 1. The van der Waals surface area contributed by atoms with Gasteiger partial charge in [-0.1, -0.05) is 30.0 Å². The molecule has 0 saturated heterocycles. The average Bonchev–Trinajstić information content (AvgIpc) is 2.96. The number of carbonyl (C=O) groups is 1. The van der Waals surface area contributed by atoms with Gasteiger partial charge in [0, 0.05) is 5.56 Å². The smallest absolute Gasteiger partial charge is 0.344 e. The molecule has 7 heteroatoms. The maximum absolute atomic E-state index is 13.1. The number of aliphatic hydroxyl groups is 1. The molecule has 0 unspecified atom stereocenters. The number of benzene rings is 2. The number of aliphatic hydroxyl groups excluding tert-OH is 1. The number of phenols is 1. The lowest BCUT2D eigenvalue weighted by Crippen LogP contribution is -2.12. The Balaban J connectivity index is 2.07. The third kappa shape index (κ3) is 4.09. The van der Waals surface area contributed by atoms with Crippen molar-refractivity contribution in [3.8, 4) is 5.75 Å². The van der Waals surface area contributed by atoms with Crippen molar-refractivity contribution in [1.29, 1.82) is 0 Å². The number of thioether (sulfide) groups is 1. The minimum atomic E-state index is -0.703. The fourth-order valence-corrected chi connectivity index (χ4v) is 3.59. The summed E-state index contributed by atoms with van der Waals surface area (Å²) >= 11 is 1.07. The number of hydrogen-bond acceptors (Lipinski definition) is 6. The molecule has 0 bridgehead atoms. The van der Waals surface area contributed by atoms with Crippen LogP contribution in [0.2, 0.25) is 0 Å². The number of nitrogens with zero attached hydrogens (tertiary/aromatic N) is 1. The lowest BCUT2D eigenvalue weighted by molar-refractivity contribution is -0.138. The SMILES string of the molecule is CCOC(=O)C1=C(O)/C(=C\c2cccc(C)c2O)SC1=Nc1ccc(F)cc1. The summed E-state index contributed by atoms with van der Waals surface area (Å²) in [5.41, 5.74) is 1.56. The van der Waals surface area contributed by atoms with Gasteiger partial charge in [0.15, 0.2) is 0 Å². The molecule has 2 N–H and O–H groups in total. The van der Waals surface area contributed by atoms with Crippen LogP contribution in [0.4, 0.5) is 10.1 Å². The molecule has 1 heterocycles. The third-order valence-electron chi connectivity index (χ3n) is 3.98. The Labute approximate surface area is 165 Å². The van der Waals surface area contributed by atoms with Crippen LogP contribution >= 0.6 is 11.8 Å². The van der Waals surface area contributed by atoms with Crippen molar-refractivity contribution in [2.45, 2.75) is 13.8 Å². The van der Waals surface area contributed by atoms with Gasteiger partial charge in [0.05, 0.1) is 17.2 Å². The quantitative estimate of drug-likeness (QED) is 0.705. The van der Waals surface area contributed by atoms with Crippen LogP contribution < -0.4 is 0 Å². The molecule has 0 aromatic heterocycles. The van der Waals surface area contributed by atoms with E-state index in [9.17, 15) is 19.4 Å². The fraction of sp³-hybridized carbons (Fsp3) is 0.143. The summed E-state index contributed by atoms with van der Waals surface area (Å²) in [4.78, 5) is 17.1. The van der Waals surface area contributed by atoms with Gasteiger partial charge in [-0.05, 0) is 49.8 Å². The van der Waals surface area contributed by atoms with Crippen LogP contribution in [0.3, 0.4) is 0 Å². The molecule has 0 aliphatic carbocycles. The van der Waals surface area contributed by atoms with Crippen LogP contribution in [0.5, 0.6) is 5.75 Å². The Kier molecular flexibility index (Phi) is 5.84. The van der Waals surface area contributed by atoms with Gasteiger partial charge in [-0.15, -0.1) is 0 Å². The molecule has 0 radical (unpaired) electrons. The molecular formula is C21H18FNO4S. The number of aliphatic imine (C=N–C) groups is 1. The lowest BCUT2D eigenvalue weighted by atomic mass is 10.1. The predicted molar refractivity (Wildman–Crippen MR) is 108 cm³/mol. The molecule has 0 amide bonds. The second-order valence-corrected chi connectivity index (χ2v) is 6.99. The lowest BCUT2D eigenvalue weighted by Gasteiger charge is -2.04. The second-order valence-electron chi connectivity index (χ2n) is 5.96. The van der Waals surface area contributed by atoms with E-state index < -0.39 is 11.8 Å². The van der Waals surface area contributed by atoms with E-state index in [1.807, 2.05) is 0 Å². The summed E-state index contributed by atoms with van der Waals surface area (Å²) in [6.45, 7) is 3.57. The van der Waals surface area contributed by atoms with Crippen molar-refractivity contribution in [2.75, 3.05) is 6.61 Å². The highest BCUT2D eigenvalue weighted by molar-refractivity contribution is 8.18. The van der Waals surface area contributed by atoms with Crippen LogP contribution in [0, 0.1) is 12.7 Å². The zero-order valence-corrected chi connectivity index (χ0v) is 16.1. The first kappa shape index (κ1) is 19.7. The summed E-state index contributed by atoms with van der Waals surface area (Å²) in [6.07, 6.45) is 1.58. The van der Waals surface area contributed by atoms with Gasteiger partial charge in [-0.3, -0.25) is 0 Å². The molecule has 144 valence electrons. The van der Waals surface area contributed by atoms with E-state index in [1.165, 1.54) is 24.3 Å². The van der Waals surface area contributed by atoms with Crippen molar-refractivity contribution in [3.05, 3.63) is 75.6 Å². The van der Waals surface area contributed by atoms with E-state index in [0.717, 1.165) is 11.8 Å². The average molecular weight is 399 g/mol. The zero-order chi connectivity index (χ0) is 20.3. The van der Waals surface area contributed by atoms with E-state index in [0.29, 0.717) is 21.7 Å². The van der Waals surface area contributed by atoms with Crippen molar-refractivity contribution >= 4 is 34.5 Å². The standard InChI is InChI=1S/C21H18FNO4S/c1-3-27-21(26)17-19(25)16(11-13-6-4-5-12(2)18(13)24)28-20(17)23-15-9-7-14(22)8-10-15/h4-11,24-25H,3H2,1-2H3/b16-11+,23-20?. The zero-order valence-electron chi connectivity index (χ0n) is 15.3. The number of esters is 1. The van der Waals surface area contributed by atoms with Crippen LogP contribution in [-0.2, 0) is 9.53 Å². The first-order chi connectivity index (χ1) is 13.4. The first-order valence-corrected chi connectivity index (χ1v) is 9.35. The van der Waals surface area contributed by atoms with Gasteiger partial charge in [-0.25, -0.2) is 14.2 Å². The molecule has 1 aliphatic rings. The highest BCUT2D eigenvalue weighted by Crippen LogP contribution is 2.41. The minimum Gasteiger partial charge on any atom is -0.507 e. The summed E-state index contributed by atoms with van der Waals surface area (Å²) < 4.78 is 18.2. The number of aromatic hydroxyl groups is 1. The van der Waals surface area contributed by atoms with E-state index in [4.69, 9.17) is 4.74 Å². The minimum absolute atomic E-state index is 0.0606. The molecular weight excluding hydrogens is 381 g/mol. The Hall–Kier alpha value is -3.06. The molecule has 2 aromatic rings. The van der Waals surface area contributed by atoms with Gasteiger partial charge in [-0.2, -0.15) is 0 Å². The summed E-state index contributed by atoms with van der Waals surface area (Å²) in [7, 11) is 0. The molecule has 3 rings (SSSR count).